The number of rotatable bonds is 4. The molecule has 0 aliphatic heterocycles. The Balaban J connectivity index is 1.81. The topological polar surface area (TPSA) is 36.8 Å². The van der Waals surface area contributed by atoms with Crippen LogP contribution in [-0.4, -0.2) is 5.11 Å². The molecule has 78 valence electrons. The van der Waals surface area contributed by atoms with Crippen molar-refractivity contribution in [3.63, 3.8) is 0 Å². The molecule has 3 N–H and O–H groups in total. The zero-order valence-corrected chi connectivity index (χ0v) is 9.20. The van der Waals surface area contributed by atoms with Gasteiger partial charge in [-0.1, -0.05) is 6.07 Å². The normalized spacial score (nSPS) is 10.4. The molecule has 1 heterocycles. The lowest BCUT2D eigenvalue weighted by Crippen LogP contribution is -2.80. The molecule has 1 aromatic heterocycles. The lowest BCUT2D eigenvalue weighted by Gasteiger charge is -2.00. The van der Waals surface area contributed by atoms with Crippen LogP contribution in [0.1, 0.15) is 10.4 Å². The Morgan fingerprint density at radius 1 is 1.07 bits per heavy atom. The molecule has 1 aromatic carbocycles. The van der Waals surface area contributed by atoms with Gasteiger partial charge in [0, 0.05) is 5.56 Å². The van der Waals surface area contributed by atoms with Crippen LogP contribution in [0.4, 0.5) is 0 Å². The minimum absolute atomic E-state index is 0.331. The van der Waals surface area contributed by atoms with Crippen LogP contribution in [0.25, 0.3) is 0 Å². The maximum absolute atomic E-state index is 9.12. The monoisotopic (exact) mass is 220 g/mol. The second-order valence-electron chi connectivity index (χ2n) is 3.44. The summed E-state index contributed by atoms with van der Waals surface area (Å²) < 4.78 is 0. The lowest BCUT2D eigenvalue weighted by molar-refractivity contribution is -0.685. The lowest BCUT2D eigenvalue weighted by atomic mass is 10.2. The van der Waals surface area contributed by atoms with Gasteiger partial charge in [0.05, 0.1) is 4.88 Å². The Morgan fingerprint density at radius 3 is 2.53 bits per heavy atom. The summed E-state index contributed by atoms with van der Waals surface area (Å²) in [7, 11) is 0. The third-order valence-electron chi connectivity index (χ3n) is 2.24. The smallest absolute Gasteiger partial charge is 0.115 e. The highest BCUT2D eigenvalue weighted by Crippen LogP contribution is 2.09. The van der Waals surface area contributed by atoms with Gasteiger partial charge in [-0.2, -0.15) is 0 Å². The molecular weight excluding hydrogens is 206 g/mol. The number of benzene rings is 1. The zero-order chi connectivity index (χ0) is 10.5. The van der Waals surface area contributed by atoms with E-state index in [1.165, 1.54) is 10.4 Å². The highest BCUT2D eigenvalue weighted by Gasteiger charge is 1.98. The number of phenolic OH excluding ortho intramolecular Hbond substituents is 1. The number of phenols is 1. The van der Waals surface area contributed by atoms with Crippen molar-refractivity contribution in [2.75, 3.05) is 0 Å². The predicted octanol–water partition coefficient (Wildman–Crippen LogP) is 1.72. The Morgan fingerprint density at radius 2 is 1.87 bits per heavy atom. The number of hydrogen-bond donors (Lipinski definition) is 2. The minimum Gasteiger partial charge on any atom is -0.508 e. The molecule has 0 fully saturated rings. The predicted molar refractivity (Wildman–Crippen MR) is 61.8 cm³/mol. The highest BCUT2D eigenvalue weighted by molar-refractivity contribution is 7.09. The molecule has 0 atom stereocenters. The van der Waals surface area contributed by atoms with Gasteiger partial charge in [0.25, 0.3) is 0 Å². The van der Waals surface area contributed by atoms with Gasteiger partial charge in [0.2, 0.25) is 0 Å². The summed E-state index contributed by atoms with van der Waals surface area (Å²) >= 11 is 1.79. The second kappa shape index (κ2) is 4.96. The van der Waals surface area contributed by atoms with Gasteiger partial charge in [-0.15, -0.1) is 11.3 Å². The molecule has 0 radical (unpaired) electrons. The Bertz CT molecular complexity index is 394. The average molecular weight is 220 g/mol. The van der Waals surface area contributed by atoms with Gasteiger partial charge in [-0.25, -0.2) is 0 Å². The van der Waals surface area contributed by atoms with Crippen LogP contribution in [0.5, 0.6) is 5.75 Å². The highest BCUT2D eigenvalue weighted by atomic mass is 32.1. The molecule has 3 heteroatoms. The van der Waals surface area contributed by atoms with Crippen molar-refractivity contribution >= 4 is 11.3 Å². The molecule has 0 bridgehead atoms. The van der Waals surface area contributed by atoms with E-state index in [9.17, 15) is 0 Å². The fraction of sp³-hybridized carbons (Fsp3) is 0.167. The molecule has 2 rings (SSSR count). The molecular formula is C12H14NOS+. The third kappa shape index (κ3) is 3.08. The van der Waals surface area contributed by atoms with Crippen molar-refractivity contribution in [1.29, 1.82) is 0 Å². The summed E-state index contributed by atoms with van der Waals surface area (Å²) in [4.78, 5) is 1.40. The van der Waals surface area contributed by atoms with Crippen LogP contribution < -0.4 is 5.32 Å². The number of thiophene rings is 1. The van der Waals surface area contributed by atoms with Crippen LogP contribution >= 0.6 is 11.3 Å². The fourth-order valence-corrected chi connectivity index (χ4v) is 2.14. The number of aromatic hydroxyl groups is 1. The van der Waals surface area contributed by atoms with Gasteiger partial charge in [0.15, 0.2) is 0 Å². The molecule has 0 saturated carbocycles. The summed E-state index contributed by atoms with van der Waals surface area (Å²) in [5, 5.41) is 13.5. The van der Waals surface area contributed by atoms with Gasteiger partial charge in [-0.3, -0.25) is 0 Å². The van der Waals surface area contributed by atoms with Gasteiger partial charge in [0.1, 0.15) is 18.8 Å². The van der Waals surface area contributed by atoms with Crippen LogP contribution in [-0.2, 0) is 13.1 Å². The molecule has 0 amide bonds. The van der Waals surface area contributed by atoms with Gasteiger partial charge >= 0.3 is 0 Å². The maximum Gasteiger partial charge on any atom is 0.115 e. The zero-order valence-electron chi connectivity index (χ0n) is 8.39. The second-order valence-corrected chi connectivity index (χ2v) is 4.47. The number of quaternary nitrogens is 1. The molecule has 0 spiro atoms. The minimum atomic E-state index is 0.331. The van der Waals surface area contributed by atoms with Gasteiger partial charge in [-0.05, 0) is 35.7 Å². The Kier molecular flexibility index (Phi) is 3.37. The first kappa shape index (κ1) is 10.2. The number of nitrogens with two attached hydrogens (primary N) is 1. The van der Waals surface area contributed by atoms with Crippen molar-refractivity contribution in [1.82, 2.24) is 0 Å². The van der Waals surface area contributed by atoms with Crippen molar-refractivity contribution in [2.24, 2.45) is 0 Å². The van der Waals surface area contributed by atoms with Crippen LogP contribution in [0.15, 0.2) is 41.8 Å². The summed E-state index contributed by atoms with van der Waals surface area (Å²) in [6.07, 6.45) is 0. The summed E-state index contributed by atoms with van der Waals surface area (Å²) in [5.41, 5.74) is 1.24. The molecule has 0 aliphatic carbocycles. The van der Waals surface area contributed by atoms with Crippen LogP contribution in [0.3, 0.4) is 0 Å². The molecule has 0 unspecified atom stereocenters. The molecule has 0 aliphatic rings. The summed E-state index contributed by atoms with van der Waals surface area (Å²) in [5.74, 6) is 0.331. The molecule has 2 nitrogen and oxygen atoms in total. The SMILES string of the molecule is Oc1ccc(C[NH2+]Cc2cccs2)cc1. The van der Waals surface area contributed by atoms with E-state index in [0.717, 1.165) is 13.1 Å². The fourth-order valence-electron chi connectivity index (χ4n) is 1.44. The Labute approximate surface area is 93.2 Å². The molecule has 2 aromatic rings. The Hall–Kier alpha value is -1.32. The standard InChI is InChI=1S/C12H13NOS/c14-11-5-3-10(4-6-11)8-13-9-12-2-1-7-15-12/h1-7,13-14H,8-9H2/p+1. The van der Waals surface area contributed by atoms with E-state index in [2.05, 4.69) is 22.8 Å². The van der Waals surface area contributed by atoms with E-state index in [1.54, 1.807) is 23.5 Å². The quantitative estimate of drug-likeness (QED) is 0.808. The molecule has 0 saturated heterocycles. The van der Waals surface area contributed by atoms with E-state index in [1.807, 2.05) is 12.1 Å². The third-order valence-corrected chi connectivity index (χ3v) is 3.14. The first-order chi connectivity index (χ1) is 7.34. The van der Waals surface area contributed by atoms with E-state index >= 15 is 0 Å². The summed E-state index contributed by atoms with van der Waals surface area (Å²) in [6, 6.07) is 11.6. The van der Waals surface area contributed by atoms with Crippen molar-refractivity contribution in [2.45, 2.75) is 13.1 Å². The van der Waals surface area contributed by atoms with Crippen molar-refractivity contribution in [3.8, 4) is 5.75 Å². The van der Waals surface area contributed by atoms with Crippen molar-refractivity contribution in [3.05, 3.63) is 52.2 Å². The van der Waals surface area contributed by atoms with E-state index in [0.29, 0.717) is 5.75 Å². The first-order valence-corrected chi connectivity index (χ1v) is 5.84. The van der Waals surface area contributed by atoms with Crippen molar-refractivity contribution < 1.29 is 10.4 Å². The maximum atomic E-state index is 9.12. The van der Waals surface area contributed by atoms with Gasteiger partial charge < -0.3 is 10.4 Å². The van der Waals surface area contributed by atoms with E-state index in [-0.39, 0.29) is 0 Å². The van der Waals surface area contributed by atoms with Crippen LogP contribution in [0, 0.1) is 0 Å². The largest absolute Gasteiger partial charge is 0.508 e. The number of hydrogen-bond acceptors (Lipinski definition) is 2. The molecule has 15 heavy (non-hydrogen) atoms. The van der Waals surface area contributed by atoms with E-state index < -0.39 is 0 Å². The average Bonchev–Trinajstić information content (AvgIpc) is 2.74. The first-order valence-electron chi connectivity index (χ1n) is 4.96. The summed E-state index contributed by atoms with van der Waals surface area (Å²) in [6.45, 7) is 1.98. The van der Waals surface area contributed by atoms with Crippen LogP contribution in [0.2, 0.25) is 0 Å². The van der Waals surface area contributed by atoms with E-state index in [4.69, 9.17) is 5.11 Å².